The summed E-state index contributed by atoms with van der Waals surface area (Å²) in [4.78, 5) is 38.1. The zero-order valence-corrected chi connectivity index (χ0v) is 48.6. The molecule has 424 valence electrons. The Hall–Kier alpha value is -3.67. The van der Waals surface area contributed by atoms with E-state index in [4.69, 9.17) is 14.2 Å². The van der Waals surface area contributed by atoms with Gasteiger partial charge in [-0.1, -0.05) is 266 Å². The summed E-state index contributed by atoms with van der Waals surface area (Å²) in [7, 11) is 0. The average Bonchev–Trinajstić information content (AvgIpc) is 3.40. The van der Waals surface area contributed by atoms with Crippen molar-refractivity contribution in [3.63, 3.8) is 0 Å². The van der Waals surface area contributed by atoms with Gasteiger partial charge in [-0.05, 0) is 109 Å². The van der Waals surface area contributed by atoms with Gasteiger partial charge in [0.05, 0.1) is 0 Å². The number of unbranched alkanes of at least 4 members (excludes halogenated alkanes) is 29. The second-order valence-corrected chi connectivity index (χ2v) is 20.6. The minimum atomic E-state index is -0.811. The molecule has 0 saturated heterocycles. The second-order valence-electron chi connectivity index (χ2n) is 20.6. The van der Waals surface area contributed by atoms with Crippen molar-refractivity contribution in [1.29, 1.82) is 0 Å². The van der Waals surface area contributed by atoms with E-state index in [0.717, 1.165) is 89.9 Å². The third-order valence-corrected chi connectivity index (χ3v) is 13.3. The fourth-order valence-corrected chi connectivity index (χ4v) is 8.64. The van der Waals surface area contributed by atoms with E-state index in [9.17, 15) is 14.4 Å². The van der Waals surface area contributed by atoms with Gasteiger partial charge in [0.25, 0.3) is 0 Å². The molecule has 6 nitrogen and oxygen atoms in total. The normalized spacial score (nSPS) is 12.7. The first kappa shape index (κ1) is 70.3. The van der Waals surface area contributed by atoms with Crippen LogP contribution in [0.1, 0.15) is 297 Å². The van der Waals surface area contributed by atoms with Gasteiger partial charge in [0.15, 0.2) is 6.10 Å². The molecule has 6 heteroatoms. The highest BCUT2D eigenvalue weighted by molar-refractivity contribution is 5.71. The molecule has 0 spiro atoms. The maximum atomic E-state index is 12.8. The van der Waals surface area contributed by atoms with E-state index in [1.165, 1.54) is 161 Å². The van der Waals surface area contributed by atoms with Crippen LogP contribution in [0, 0.1) is 0 Å². The number of hydrogen-bond donors (Lipinski definition) is 0. The number of ether oxygens (including phenoxy) is 3. The largest absolute Gasteiger partial charge is 0.462 e. The molecule has 1 unspecified atom stereocenters. The van der Waals surface area contributed by atoms with Gasteiger partial charge in [-0.2, -0.15) is 0 Å². The van der Waals surface area contributed by atoms with Crippen molar-refractivity contribution in [2.75, 3.05) is 13.2 Å². The molecule has 0 aliphatic heterocycles. The summed E-state index contributed by atoms with van der Waals surface area (Å²) in [6.45, 7) is 6.45. The highest BCUT2D eigenvalue weighted by Crippen LogP contribution is 2.16. The molecule has 0 fully saturated rings. The van der Waals surface area contributed by atoms with Crippen LogP contribution in [-0.4, -0.2) is 37.2 Å². The Morgan fingerprint density at radius 3 is 0.919 bits per heavy atom. The van der Waals surface area contributed by atoms with Crippen LogP contribution >= 0.6 is 0 Å². The van der Waals surface area contributed by atoms with Crippen molar-refractivity contribution in [3.05, 3.63) is 97.2 Å². The Labute approximate surface area is 457 Å². The van der Waals surface area contributed by atoms with E-state index in [1.807, 2.05) is 6.08 Å². The monoisotopic (exact) mass is 1030 g/mol. The summed E-state index contributed by atoms with van der Waals surface area (Å²) in [5.74, 6) is -0.991. The molecule has 0 aromatic heterocycles. The molecule has 74 heavy (non-hydrogen) atoms. The van der Waals surface area contributed by atoms with E-state index < -0.39 is 6.10 Å². The molecule has 0 aliphatic rings. The number of allylic oxidation sites excluding steroid dienone is 16. The molecule has 0 aromatic carbocycles. The lowest BCUT2D eigenvalue weighted by molar-refractivity contribution is -0.166. The maximum absolute atomic E-state index is 12.8. The van der Waals surface area contributed by atoms with Gasteiger partial charge in [-0.3, -0.25) is 14.4 Å². The summed E-state index contributed by atoms with van der Waals surface area (Å²) < 4.78 is 16.8. The van der Waals surface area contributed by atoms with Gasteiger partial charge in [0, 0.05) is 19.3 Å². The number of carbonyl (C=O) groups is 3. The molecule has 0 aromatic rings. The summed E-state index contributed by atoms with van der Waals surface area (Å²) in [5, 5.41) is 0. The minimum Gasteiger partial charge on any atom is -0.462 e. The molecule has 1 atom stereocenters. The molecule has 0 N–H and O–H groups in total. The van der Waals surface area contributed by atoms with Gasteiger partial charge in [-0.25, -0.2) is 0 Å². The summed E-state index contributed by atoms with van der Waals surface area (Å²) >= 11 is 0. The highest BCUT2D eigenvalue weighted by atomic mass is 16.6. The van der Waals surface area contributed by atoms with Crippen LogP contribution < -0.4 is 0 Å². The second kappa shape index (κ2) is 61.9. The fourth-order valence-electron chi connectivity index (χ4n) is 8.64. The Bertz CT molecular complexity index is 1460. The van der Waals surface area contributed by atoms with Crippen LogP contribution in [0.4, 0.5) is 0 Å². The lowest BCUT2D eigenvalue weighted by Crippen LogP contribution is -2.30. The predicted octanol–water partition coefficient (Wildman–Crippen LogP) is 21.3. The number of rotatable bonds is 56. The van der Waals surface area contributed by atoms with Crippen molar-refractivity contribution in [2.24, 2.45) is 0 Å². The van der Waals surface area contributed by atoms with Crippen LogP contribution in [0.15, 0.2) is 97.2 Å². The fraction of sp³-hybridized carbons (Fsp3) is 0.721. The van der Waals surface area contributed by atoms with E-state index in [0.29, 0.717) is 19.3 Å². The average molecular weight is 1030 g/mol. The van der Waals surface area contributed by atoms with Gasteiger partial charge in [0.2, 0.25) is 0 Å². The Morgan fingerprint density at radius 1 is 0.284 bits per heavy atom. The van der Waals surface area contributed by atoms with E-state index in [1.54, 1.807) is 0 Å². The Morgan fingerprint density at radius 2 is 0.554 bits per heavy atom. The van der Waals surface area contributed by atoms with E-state index in [-0.39, 0.29) is 37.5 Å². The van der Waals surface area contributed by atoms with Crippen LogP contribution in [0.3, 0.4) is 0 Å². The third-order valence-electron chi connectivity index (χ3n) is 13.3. The lowest BCUT2D eigenvalue weighted by atomic mass is 10.0. The van der Waals surface area contributed by atoms with Crippen LogP contribution in [0.2, 0.25) is 0 Å². The predicted molar refractivity (Wildman–Crippen MR) is 320 cm³/mol. The van der Waals surface area contributed by atoms with Crippen molar-refractivity contribution >= 4 is 17.9 Å². The highest BCUT2D eigenvalue weighted by Gasteiger charge is 2.19. The molecule has 0 rings (SSSR count). The van der Waals surface area contributed by atoms with Crippen LogP contribution in [-0.2, 0) is 28.6 Å². The number of esters is 3. The standard InChI is InChI=1S/C68H116O6/c1-4-7-10-13-16-19-22-25-27-28-29-30-31-32-33-34-35-36-37-38-39-40-41-44-46-49-52-55-58-61-67(70)73-64-65(63-72-66(69)60-57-54-51-48-45-42-24-21-18-15-12-9-6-3)74-68(71)62-59-56-53-50-47-43-26-23-20-17-14-11-8-5-2/h9,12,18,21-23,25-26,28-29,31-32,42,45,51,54,65H,4-8,10-11,13-17,19-20,24,27,30,33-41,43-44,46-50,52-53,55-64H2,1-3H3/b12-9-,21-18-,25-22-,26-23-,29-28-,32-31-,45-42-,54-51-. The molecule has 0 radical (unpaired) electrons. The molecule has 0 bridgehead atoms. The quantitative estimate of drug-likeness (QED) is 0.0261. The molecule has 0 heterocycles. The molecule has 0 saturated carbocycles. The molecular weight excluding hydrogens is 913 g/mol. The van der Waals surface area contributed by atoms with E-state index >= 15 is 0 Å². The van der Waals surface area contributed by atoms with Gasteiger partial charge < -0.3 is 14.2 Å². The smallest absolute Gasteiger partial charge is 0.306 e. The van der Waals surface area contributed by atoms with Gasteiger partial charge in [-0.15, -0.1) is 0 Å². The van der Waals surface area contributed by atoms with Crippen molar-refractivity contribution in [3.8, 4) is 0 Å². The van der Waals surface area contributed by atoms with Crippen LogP contribution in [0.25, 0.3) is 0 Å². The summed E-state index contributed by atoms with van der Waals surface area (Å²) in [6, 6.07) is 0. The third kappa shape index (κ3) is 59.2. The van der Waals surface area contributed by atoms with Crippen molar-refractivity contribution < 1.29 is 28.6 Å². The topological polar surface area (TPSA) is 78.9 Å². The zero-order valence-electron chi connectivity index (χ0n) is 48.6. The lowest BCUT2D eigenvalue weighted by Gasteiger charge is -2.18. The Balaban J connectivity index is 4.26. The number of carbonyl (C=O) groups excluding carboxylic acids is 3. The molecule has 0 aliphatic carbocycles. The number of hydrogen-bond acceptors (Lipinski definition) is 6. The Kier molecular flexibility index (Phi) is 58.8. The minimum absolute atomic E-state index is 0.102. The van der Waals surface area contributed by atoms with Gasteiger partial charge >= 0.3 is 17.9 Å². The summed E-state index contributed by atoms with van der Waals surface area (Å²) in [5.41, 5.74) is 0. The van der Waals surface area contributed by atoms with Crippen molar-refractivity contribution in [2.45, 2.75) is 303 Å². The van der Waals surface area contributed by atoms with Crippen LogP contribution in [0.5, 0.6) is 0 Å². The molecular formula is C68H116O6. The summed E-state index contributed by atoms with van der Waals surface area (Å²) in [6.07, 6.45) is 82.9. The zero-order chi connectivity index (χ0) is 53.6. The first-order valence-electron chi connectivity index (χ1n) is 31.2. The SMILES string of the molecule is CC/C=C\C/C=C\C/C=C\C/C=C\CCC(=O)OCC(COC(=O)CCCCCCCCCCCCCCCC/C=C\C/C=C\C/C=C\CCCCCCC)OC(=O)CCCCCCC/C=C\CCCCCCC. The first-order valence-corrected chi connectivity index (χ1v) is 31.2. The first-order chi connectivity index (χ1) is 36.5. The van der Waals surface area contributed by atoms with E-state index in [2.05, 4.69) is 112 Å². The van der Waals surface area contributed by atoms with Crippen molar-refractivity contribution in [1.82, 2.24) is 0 Å². The molecule has 0 amide bonds. The maximum Gasteiger partial charge on any atom is 0.306 e. The van der Waals surface area contributed by atoms with Gasteiger partial charge in [0.1, 0.15) is 13.2 Å².